The van der Waals surface area contributed by atoms with Crippen LogP contribution in [0.2, 0.25) is 0 Å². The highest BCUT2D eigenvalue weighted by Gasteiger charge is 2.40. The zero-order valence-corrected chi connectivity index (χ0v) is 17.7. The van der Waals surface area contributed by atoms with Crippen molar-refractivity contribution in [3.05, 3.63) is 47.3 Å². The zero-order valence-electron chi connectivity index (χ0n) is 17.7. The second-order valence-corrected chi connectivity index (χ2v) is 7.50. The van der Waals surface area contributed by atoms with Crippen LogP contribution >= 0.6 is 0 Å². The summed E-state index contributed by atoms with van der Waals surface area (Å²) in [7, 11) is 0. The van der Waals surface area contributed by atoms with Crippen LogP contribution in [-0.4, -0.2) is 34.4 Å². The molecule has 7 nitrogen and oxygen atoms in total. The Hall–Kier alpha value is -2.96. The Bertz CT molecular complexity index is 914. The van der Waals surface area contributed by atoms with Gasteiger partial charge in [0.15, 0.2) is 0 Å². The van der Waals surface area contributed by atoms with Crippen molar-refractivity contribution in [1.82, 2.24) is 15.3 Å². The summed E-state index contributed by atoms with van der Waals surface area (Å²) in [4.78, 5) is 35.6. The van der Waals surface area contributed by atoms with Gasteiger partial charge in [-0.15, -0.1) is 0 Å². The first-order valence-electron chi connectivity index (χ1n) is 10.2. The van der Waals surface area contributed by atoms with Gasteiger partial charge < -0.3 is 15.5 Å². The van der Waals surface area contributed by atoms with Crippen LogP contribution in [0.3, 0.4) is 0 Å². The van der Waals surface area contributed by atoms with E-state index < -0.39 is 0 Å². The molecule has 2 amide bonds. The van der Waals surface area contributed by atoms with Crippen molar-refractivity contribution >= 4 is 23.5 Å². The average molecular weight is 396 g/mol. The third-order valence-corrected chi connectivity index (χ3v) is 5.52. The predicted molar refractivity (Wildman–Crippen MR) is 114 cm³/mol. The van der Waals surface area contributed by atoms with Gasteiger partial charge in [0.2, 0.25) is 11.9 Å². The monoisotopic (exact) mass is 395 g/mol. The standard InChI is InChI=1S/C22H29N5O2/c1-6-18-14(4)20(26-22-24-11-10-13(3)25-22)17-12-16(21(29)23-7-2)8-9-19(17)27(18)15(5)28/h8-12,14,18,20H,6-7H2,1-5H3,(H,23,29)(H,24,25,26)/t14-,18-,20+/m0/s1. The van der Waals surface area contributed by atoms with E-state index in [1.807, 2.05) is 36.9 Å². The molecular weight excluding hydrogens is 366 g/mol. The van der Waals surface area contributed by atoms with Crippen molar-refractivity contribution in [3.8, 4) is 0 Å². The number of carbonyl (C=O) groups is 2. The highest BCUT2D eigenvalue weighted by molar-refractivity contribution is 5.98. The molecule has 0 saturated heterocycles. The van der Waals surface area contributed by atoms with E-state index in [1.54, 1.807) is 19.2 Å². The highest BCUT2D eigenvalue weighted by Crippen LogP contribution is 2.43. The highest BCUT2D eigenvalue weighted by atomic mass is 16.2. The van der Waals surface area contributed by atoms with Gasteiger partial charge in [-0.1, -0.05) is 13.8 Å². The molecule has 0 fully saturated rings. The lowest BCUT2D eigenvalue weighted by Gasteiger charge is -2.45. The Balaban J connectivity index is 2.11. The minimum Gasteiger partial charge on any atom is -0.352 e. The van der Waals surface area contributed by atoms with E-state index in [9.17, 15) is 9.59 Å². The van der Waals surface area contributed by atoms with Crippen LogP contribution in [0.15, 0.2) is 30.5 Å². The molecule has 1 aliphatic rings. The molecular formula is C22H29N5O2. The number of aromatic nitrogens is 2. The number of nitrogens with zero attached hydrogens (tertiary/aromatic N) is 3. The number of nitrogens with one attached hydrogen (secondary N) is 2. The number of amides is 2. The summed E-state index contributed by atoms with van der Waals surface area (Å²) < 4.78 is 0. The Kier molecular flexibility index (Phi) is 6.15. The fourth-order valence-corrected chi connectivity index (χ4v) is 4.17. The van der Waals surface area contributed by atoms with Crippen molar-refractivity contribution < 1.29 is 9.59 Å². The van der Waals surface area contributed by atoms with Crippen LogP contribution in [0.5, 0.6) is 0 Å². The van der Waals surface area contributed by atoms with E-state index in [0.717, 1.165) is 23.4 Å². The van der Waals surface area contributed by atoms with Crippen LogP contribution < -0.4 is 15.5 Å². The number of rotatable bonds is 5. The van der Waals surface area contributed by atoms with Crippen LogP contribution in [0, 0.1) is 12.8 Å². The summed E-state index contributed by atoms with van der Waals surface area (Å²) in [5.41, 5.74) is 3.19. The molecule has 7 heteroatoms. The smallest absolute Gasteiger partial charge is 0.251 e. The zero-order chi connectivity index (χ0) is 21.1. The topological polar surface area (TPSA) is 87.2 Å². The van der Waals surface area contributed by atoms with Gasteiger partial charge in [-0.2, -0.15) is 0 Å². The number of aryl methyl sites for hydroxylation is 1. The van der Waals surface area contributed by atoms with E-state index >= 15 is 0 Å². The van der Waals surface area contributed by atoms with Crippen LogP contribution in [-0.2, 0) is 4.79 Å². The number of carbonyl (C=O) groups excluding carboxylic acids is 2. The third kappa shape index (κ3) is 4.09. The van der Waals surface area contributed by atoms with Gasteiger partial charge in [0.25, 0.3) is 5.91 Å². The summed E-state index contributed by atoms with van der Waals surface area (Å²) in [6.07, 6.45) is 2.55. The molecule has 2 heterocycles. The first-order chi connectivity index (χ1) is 13.9. The molecule has 0 aliphatic carbocycles. The molecule has 0 spiro atoms. The molecule has 0 bridgehead atoms. The van der Waals surface area contributed by atoms with Crippen molar-refractivity contribution in [3.63, 3.8) is 0 Å². The summed E-state index contributed by atoms with van der Waals surface area (Å²) in [5, 5.41) is 6.30. The molecule has 1 aromatic heterocycles. The van der Waals surface area contributed by atoms with Gasteiger partial charge in [-0.25, -0.2) is 9.97 Å². The van der Waals surface area contributed by atoms with Gasteiger partial charge in [-0.05, 0) is 50.1 Å². The quantitative estimate of drug-likeness (QED) is 0.809. The summed E-state index contributed by atoms with van der Waals surface area (Å²) in [6.45, 7) is 10.2. The van der Waals surface area contributed by atoms with E-state index in [1.165, 1.54) is 0 Å². The predicted octanol–water partition coefficient (Wildman–Crippen LogP) is 3.47. The minimum atomic E-state index is -0.125. The lowest BCUT2D eigenvalue weighted by molar-refractivity contribution is -0.117. The fourth-order valence-electron chi connectivity index (χ4n) is 4.17. The third-order valence-electron chi connectivity index (χ3n) is 5.52. The summed E-state index contributed by atoms with van der Waals surface area (Å²) >= 11 is 0. The van der Waals surface area contributed by atoms with Gasteiger partial charge in [0.1, 0.15) is 0 Å². The Morgan fingerprint density at radius 1 is 1.21 bits per heavy atom. The van der Waals surface area contributed by atoms with Crippen molar-refractivity contribution in [2.75, 3.05) is 16.8 Å². The fraction of sp³-hybridized carbons (Fsp3) is 0.455. The Morgan fingerprint density at radius 2 is 1.97 bits per heavy atom. The lowest BCUT2D eigenvalue weighted by Crippen LogP contribution is -2.49. The van der Waals surface area contributed by atoms with Gasteiger partial charge >= 0.3 is 0 Å². The van der Waals surface area contributed by atoms with E-state index in [4.69, 9.17) is 0 Å². The number of hydrogen-bond donors (Lipinski definition) is 2. The molecule has 0 saturated carbocycles. The Labute approximate surface area is 171 Å². The van der Waals surface area contributed by atoms with Crippen LogP contribution in [0.25, 0.3) is 0 Å². The Morgan fingerprint density at radius 3 is 2.59 bits per heavy atom. The van der Waals surface area contributed by atoms with Gasteiger partial charge in [0, 0.05) is 48.6 Å². The molecule has 3 rings (SSSR count). The summed E-state index contributed by atoms with van der Waals surface area (Å²) in [5.74, 6) is 0.522. The number of benzene rings is 1. The molecule has 1 aliphatic heterocycles. The van der Waals surface area contributed by atoms with Crippen molar-refractivity contribution in [2.24, 2.45) is 5.92 Å². The lowest BCUT2D eigenvalue weighted by atomic mass is 9.80. The maximum absolute atomic E-state index is 12.5. The number of hydrogen-bond acceptors (Lipinski definition) is 5. The molecule has 2 aromatic rings. The second kappa shape index (κ2) is 8.59. The molecule has 1 aromatic carbocycles. The van der Waals surface area contributed by atoms with Crippen molar-refractivity contribution in [2.45, 2.75) is 53.1 Å². The molecule has 154 valence electrons. The molecule has 3 atom stereocenters. The first kappa shape index (κ1) is 20.8. The summed E-state index contributed by atoms with van der Waals surface area (Å²) in [6, 6.07) is 7.30. The SMILES string of the molecule is CCNC(=O)c1ccc2c(c1)[C@H](Nc1nccc(C)n1)[C@@H](C)[C@H](CC)N2C(C)=O. The van der Waals surface area contributed by atoms with Gasteiger partial charge in [-0.3, -0.25) is 9.59 Å². The largest absolute Gasteiger partial charge is 0.352 e. The first-order valence-corrected chi connectivity index (χ1v) is 10.2. The maximum atomic E-state index is 12.5. The molecule has 0 radical (unpaired) electrons. The molecule has 29 heavy (non-hydrogen) atoms. The van der Waals surface area contributed by atoms with E-state index in [0.29, 0.717) is 18.1 Å². The van der Waals surface area contributed by atoms with E-state index in [2.05, 4.69) is 34.4 Å². The number of anilines is 2. The molecule has 2 N–H and O–H groups in total. The normalized spacial score (nSPS) is 20.7. The van der Waals surface area contributed by atoms with E-state index in [-0.39, 0.29) is 29.8 Å². The number of fused-ring (bicyclic) bond motifs is 1. The molecule has 0 unspecified atom stereocenters. The minimum absolute atomic E-state index is 0.000894. The average Bonchev–Trinajstić information content (AvgIpc) is 2.69. The van der Waals surface area contributed by atoms with Crippen LogP contribution in [0.1, 0.15) is 61.8 Å². The van der Waals surface area contributed by atoms with Gasteiger partial charge in [0.05, 0.1) is 6.04 Å². The second-order valence-electron chi connectivity index (χ2n) is 7.50. The van der Waals surface area contributed by atoms with Crippen LogP contribution in [0.4, 0.5) is 11.6 Å². The van der Waals surface area contributed by atoms with Crippen molar-refractivity contribution in [1.29, 1.82) is 0 Å². The maximum Gasteiger partial charge on any atom is 0.251 e.